The molecule has 1 amide bonds. The molecule has 1 N–H and O–H groups in total. The zero-order valence-electron chi connectivity index (χ0n) is 19.7. The minimum atomic E-state index is -4.00. The van der Waals surface area contributed by atoms with Crippen LogP contribution in [0.25, 0.3) is 0 Å². The smallest absolute Gasteiger partial charge is 0.264 e. The number of aryl methyl sites for hydroxylation is 1. The fraction of sp³-hybridized carbons (Fsp3) is 0.269. The van der Waals surface area contributed by atoms with Gasteiger partial charge in [0, 0.05) is 16.5 Å². The maximum atomic E-state index is 13.4. The summed E-state index contributed by atoms with van der Waals surface area (Å²) in [7, 11) is -4.00. The molecule has 0 aliphatic rings. The summed E-state index contributed by atoms with van der Waals surface area (Å²) in [6.45, 7) is 4.53. The van der Waals surface area contributed by atoms with Gasteiger partial charge in [-0.3, -0.25) is 9.10 Å². The zero-order chi connectivity index (χ0) is 25.3. The monoisotopic (exact) mass is 532 g/mol. The van der Waals surface area contributed by atoms with Crippen molar-refractivity contribution in [2.24, 2.45) is 0 Å². The van der Waals surface area contributed by atoms with Crippen LogP contribution in [0.15, 0.2) is 82.6 Å². The van der Waals surface area contributed by atoms with E-state index in [1.807, 2.05) is 13.8 Å². The van der Waals surface area contributed by atoms with Crippen LogP contribution in [-0.4, -0.2) is 39.8 Å². The number of sulfonamides is 1. The second-order valence-corrected chi connectivity index (χ2v) is 11.2. The average molecular weight is 533 g/mol. The van der Waals surface area contributed by atoms with E-state index in [1.54, 1.807) is 36.0 Å². The molecule has 0 saturated heterocycles. The molecule has 0 aromatic heterocycles. The van der Waals surface area contributed by atoms with Crippen LogP contribution in [0, 0.1) is 6.92 Å². The summed E-state index contributed by atoms with van der Waals surface area (Å²) in [6, 6.07) is 20.8. The fourth-order valence-electron chi connectivity index (χ4n) is 3.23. The summed E-state index contributed by atoms with van der Waals surface area (Å²) in [5.41, 5.74) is 1.58. The van der Waals surface area contributed by atoms with Gasteiger partial charge in [0.2, 0.25) is 5.91 Å². The first-order valence-corrected chi connectivity index (χ1v) is 14.1. The molecule has 0 radical (unpaired) electrons. The molecule has 0 saturated carbocycles. The first kappa shape index (κ1) is 26.9. The van der Waals surface area contributed by atoms with Gasteiger partial charge in [0.1, 0.15) is 12.3 Å². The Hall–Kier alpha value is -2.68. The highest BCUT2D eigenvalue weighted by atomic mass is 35.5. The van der Waals surface area contributed by atoms with E-state index in [0.717, 1.165) is 16.5 Å². The number of amides is 1. The fourth-order valence-corrected chi connectivity index (χ4v) is 5.63. The molecular weight excluding hydrogens is 504 g/mol. The van der Waals surface area contributed by atoms with Crippen LogP contribution < -0.4 is 14.4 Å². The molecule has 9 heteroatoms. The lowest BCUT2D eigenvalue weighted by Gasteiger charge is -2.24. The molecule has 3 aromatic rings. The number of hydrogen-bond donors (Lipinski definition) is 1. The number of ether oxygens (including phenoxy) is 1. The van der Waals surface area contributed by atoms with E-state index in [-0.39, 0.29) is 17.3 Å². The van der Waals surface area contributed by atoms with Gasteiger partial charge in [0.15, 0.2) is 0 Å². The van der Waals surface area contributed by atoms with E-state index in [2.05, 4.69) is 29.6 Å². The largest absolute Gasteiger partial charge is 0.494 e. The van der Waals surface area contributed by atoms with Crippen molar-refractivity contribution in [2.45, 2.75) is 30.1 Å². The van der Waals surface area contributed by atoms with E-state index in [9.17, 15) is 13.2 Å². The molecule has 3 rings (SSSR count). The van der Waals surface area contributed by atoms with Gasteiger partial charge in [0.25, 0.3) is 10.0 Å². The second kappa shape index (κ2) is 12.9. The molecule has 0 fully saturated rings. The molecule has 3 aromatic carbocycles. The summed E-state index contributed by atoms with van der Waals surface area (Å²) >= 11 is 7.65. The molecule has 0 aliphatic carbocycles. The zero-order valence-corrected chi connectivity index (χ0v) is 22.1. The molecule has 0 bridgehead atoms. The summed E-state index contributed by atoms with van der Waals surface area (Å²) in [6.07, 6.45) is 0.761. The van der Waals surface area contributed by atoms with E-state index in [0.29, 0.717) is 29.6 Å². The van der Waals surface area contributed by atoms with Crippen LogP contribution in [-0.2, 0) is 14.8 Å². The SMILES string of the molecule is CCOc1ccc(N(CC(=O)NCCCSc2ccc(C)cc2)S(=O)(=O)c2ccc(Cl)cc2)cc1. The van der Waals surface area contributed by atoms with Gasteiger partial charge in [-0.1, -0.05) is 29.3 Å². The number of nitrogens with zero attached hydrogens (tertiary/aromatic N) is 1. The number of rotatable bonds is 12. The van der Waals surface area contributed by atoms with Crippen LogP contribution in [0.4, 0.5) is 5.69 Å². The molecule has 0 spiro atoms. The minimum absolute atomic E-state index is 0.0538. The van der Waals surface area contributed by atoms with Crippen molar-refractivity contribution in [3.8, 4) is 5.75 Å². The number of nitrogens with one attached hydrogen (secondary N) is 1. The molecule has 0 heterocycles. The van der Waals surface area contributed by atoms with Crippen molar-refractivity contribution >= 4 is 45.0 Å². The predicted octanol–water partition coefficient (Wildman–Crippen LogP) is 5.54. The summed E-state index contributed by atoms with van der Waals surface area (Å²) in [5.74, 6) is 1.09. The normalized spacial score (nSPS) is 11.2. The van der Waals surface area contributed by atoms with Crippen LogP contribution in [0.2, 0.25) is 5.02 Å². The molecular formula is C26H29ClN2O4S2. The molecule has 0 atom stereocenters. The summed E-state index contributed by atoms with van der Waals surface area (Å²) in [4.78, 5) is 14.0. The Bertz CT molecular complexity index is 1200. The van der Waals surface area contributed by atoms with Crippen LogP contribution >= 0.6 is 23.4 Å². The van der Waals surface area contributed by atoms with Gasteiger partial charge in [-0.2, -0.15) is 0 Å². The summed E-state index contributed by atoms with van der Waals surface area (Å²) in [5, 5.41) is 3.27. The Morgan fingerprint density at radius 1 is 1.00 bits per heavy atom. The Kier molecular flexibility index (Phi) is 9.89. The lowest BCUT2D eigenvalue weighted by Crippen LogP contribution is -2.41. The predicted molar refractivity (Wildman–Crippen MR) is 143 cm³/mol. The standard InChI is InChI=1S/C26H29ClN2O4S2/c1-3-33-23-11-9-22(10-12-23)29(35(31,32)25-15-7-21(27)8-16-25)19-26(30)28-17-4-18-34-24-13-5-20(2)6-14-24/h5-16H,3-4,17-19H2,1-2H3,(H,28,30). The topological polar surface area (TPSA) is 75.7 Å². The Balaban J connectivity index is 1.66. The number of thioether (sulfide) groups is 1. The van der Waals surface area contributed by atoms with E-state index in [1.165, 1.54) is 34.7 Å². The van der Waals surface area contributed by atoms with Crippen molar-refractivity contribution in [3.05, 3.63) is 83.4 Å². The number of anilines is 1. The first-order valence-electron chi connectivity index (χ1n) is 11.3. The third kappa shape index (κ3) is 7.92. The van der Waals surface area contributed by atoms with Crippen molar-refractivity contribution in [1.29, 1.82) is 0 Å². The van der Waals surface area contributed by atoms with Gasteiger partial charge in [-0.15, -0.1) is 11.8 Å². The number of carbonyl (C=O) groups is 1. The maximum absolute atomic E-state index is 13.4. The molecule has 0 unspecified atom stereocenters. The highest BCUT2D eigenvalue weighted by molar-refractivity contribution is 7.99. The Morgan fingerprint density at radius 3 is 2.29 bits per heavy atom. The highest BCUT2D eigenvalue weighted by Gasteiger charge is 2.27. The average Bonchev–Trinajstić information content (AvgIpc) is 2.84. The molecule has 6 nitrogen and oxygen atoms in total. The number of benzene rings is 3. The number of halogens is 1. The lowest BCUT2D eigenvalue weighted by atomic mass is 10.2. The van der Waals surface area contributed by atoms with E-state index < -0.39 is 10.0 Å². The maximum Gasteiger partial charge on any atom is 0.264 e. The molecule has 186 valence electrons. The van der Waals surface area contributed by atoms with E-state index >= 15 is 0 Å². The van der Waals surface area contributed by atoms with Crippen LogP contribution in [0.3, 0.4) is 0 Å². The quantitative estimate of drug-likeness (QED) is 0.245. The third-order valence-electron chi connectivity index (χ3n) is 5.06. The van der Waals surface area contributed by atoms with Crippen molar-refractivity contribution < 1.29 is 17.9 Å². The highest BCUT2D eigenvalue weighted by Crippen LogP contribution is 2.26. The van der Waals surface area contributed by atoms with Crippen LogP contribution in [0.1, 0.15) is 18.9 Å². The number of hydrogen-bond acceptors (Lipinski definition) is 5. The van der Waals surface area contributed by atoms with Gasteiger partial charge in [-0.25, -0.2) is 8.42 Å². The van der Waals surface area contributed by atoms with E-state index in [4.69, 9.17) is 16.3 Å². The van der Waals surface area contributed by atoms with Gasteiger partial charge in [-0.05, 0) is 86.7 Å². The first-order chi connectivity index (χ1) is 16.8. The van der Waals surface area contributed by atoms with Crippen LogP contribution in [0.5, 0.6) is 5.75 Å². The van der Waals surface area contributed by atoms with Gasteiger partial charge < -0.3 is 10.1 Å². The Morgan fingerprint density at radius 2 is 1.66 bits per heavy atom. The van der Waals surface area contributed by atoms with Gasteiger partial charge >= 0.3 is 0 Å². The van der Waals surface area contributed by atoms with Crippen molar-refractivity contribution in [2.75, 3.05) is 29.8 Å². The van der Waals surface area contributed by atoms with Gasteiger partial charge in [0.05, 0.1) is 17.2 Å². The number of carbonyl (C=O) groups excluding carboxylic acids is 1. The van der Waals surface area contributed by atoms with Crippen molar-refractivity contribution in [3.63, 3.8) is 0 Å². The third-order valence-corrected chi connectivity index (χ3v) is 8.20. The molecule has 0 aliphatic heterocycles. The van der Waals surface area contributed by atoms with Crippen molar-refractivity contribution in [1.82, 2.24) is 5.32 Å². The minimum Gasteiger partial charge on any atom is -0.494 e. The Labute approximate surface area is 216 Å². The lowest BCUT2D eigenvalue weighted by molar-refractivity contribution is -0.119. The molecule has 35 heavy (non-hydrogen) atoms. The summed E-state index contributed by atoms with van der Waals surface area (Å²) < 4.78 is 33.4. The second-order valence-electron chi connectivity index (χ2n) is 7.76.